The van der Waals surface area contributed by atoms with E-state index in [1.165, 1.54) is 24.1 Å². The molecule has 3 nitrogen and oxygen atoms in total. The molecule has 4 rings (SSSR count). The molecule has 3 heteroatoms. The zero-order chi connectivity index (χ0) is 16.9. The van der Waals surface area contributed by atoms with Crippen LogP contribution >= 0.6 is 0 Å². The summed E-state index contributed by atoms with van der Waals surface area (Å²) in [7, 11) is 0. The van der Waals surface area contributed by atoms with E-state index in [4.69, 9.17) is 0 Å². The number of aromatic nitrogens is 2. The third-order valence-electron chi connectivity index (χ3n) is 5.06. The number of benzene rings is 1. The van der Waals surface area contributed by atoms with Gasteiger partial charge in [-0.05, 0) is 60.7 Å². The van der Waals surface area contributed by atoms with Gasteiger partial charge in [-0.1, -0.05) is 30.3 Å². The Morgan fingerprint density at radius 2 is 1.80 bits per heavy atom. The fourth-order valence-electron chi connectivity index (χ4n) is 3.62. The quantitative estimate of drug-likeness (QED) is 0.703. The second-order valence-corrected chi connectivity index (χ2v) is 6.73. The van der Waals surface area contributed by atoms with Crippen LogP contribution in [0.2, 0.25) is 0 Å². The molecular formula is C22H23N3. The first-order valence-corrected chi connectivity index (χ1v) is 9.01. The van der Waals surface area contributed by atoms with Gasteiger partial charge in [0.1, 0.15) is 0 Å². The Bertz CT molecular complexity index is 802. The lowest BCUT2D eigenvalue weighted by molar-refractivity contribution is 0.339. The Balaban J connectivity index is 1.40. The molecule has 2 aromatic heterocycles. The lowest BCUT2D eigenvalue weighted by Gasteiger charge is -2.16. The number of rotatable bonds is 5. The minimum atomic E-state index is 0.611. The van der Waals surface area contributed by atoms with Crippen molar-refractivity contribution < 1.29 is 0 Å². The van der Waals surface area contributed by atoms with Crippen molar-refractivity contribution in [2.75, 3.05) is 19.6 Å². The van der Waals surface area contributed by atoms with Gasteiger partial charge in [0, 0.05) is 37.2 Å². The van der Waals surface area contributed by atoms with Crippen molar-refractivity contribution in [2.45, 2.75) is 18.8 Å². The molecule has 0 bridgehead atoms. The van der Waals surface area contributed by atoms with Gasteiger partial charge in [-0.2, -0.15) is 0 Å². The van der Waals surface area contributed by atoms with Crippen LogP contribution in [0.5, 0.6) is 0 Å². The van der Waals surface area contributed by atoms with E-state index in [0.717, 1.165) is 30.8 Å². The monoisotopic (exact) mass is 329 g/mol. The molecule has 3 heterocycles. The average Bonchev–Trinajstić information content (AvgIpc) is 3.17. The molecule has 126 valence electrons. The van der Waals surface area contributed by atoms with Crippen LogP contribution in [-0.2, 0) is 6.42 Å². The van der Waals surface area contributed by atoms with Crippen molar-refractivity contribution in [3.63, 3.8) is 0 Å². The highest BCUT2D eigenvalue weighted by atomic mass is 15.1. The van der Waals surface area contributed by atoms with Gasteiger partial charge in [0.2, 0.25) is 0 Å². The Morgan fingerprint density at radius 3 is 2.64 bits per heavy atom. The summed E-state index contributed by atoms with van der Waals surface area (Å²) in [6.45, 7) is 3.47. The van der Waals surface area contributed by atoms with Crippen LogP contribution in [0.25, 0.3) is 11.3 Å². The summed E-state index contributed by atoms with van der Waals surface area (Å²) in [4.78, 5) is 11.2. The maximum Gasteiger partial charge on any atom is 0.0705 e. The lowest BCUT2D eigenvalue weighted by Crippen LogP contribution is -2.23. The first kappa shape index (κ1) is 16.0. The van der Waals surface area contributed by atoms with Crippen molar-refractivity contribution >= 4 is 0 Å². The van der Waals surface area contributed by atoms with Gasteiger partial charge in [-0.25, -0.2) is 0 Å². The van der Waals surface area contributed by atoms with E-state index in [2.05, 4.69) is 57.3 Å². The van der Waals surface area contributed by atoms with Crippen LogP contribution in [0.15, 0.2) is 73.2 Å². The summed E-state index contributed by atoms with van der Waals surface area (Å²) in [6, 6.07) is 19.2. The molecule has 1 aliphatic heterocycles. The predicted octanol–water partition coefficient (Wildman–Crippen LogP) is 4.18. The van der Waals surface area contributed by atoms with Gasteiger partial charge in [0.05, 0.1) is 5.69 Å². The van der Waals surface area contributed by atoms with Gasteiger partial charge in [0.25, 0.3) is 0 Å². The van der Waals surface area contributed by atoms with Gasteiger partial charge < -0.3 is 4.90 Å². The van der Waals surface area contributed by atoms with E-state index in [1.807, 2.05) is 30.7 Å². The third-order valence-corrected chi connectivity index (χ3v) is 5.06. The van der Waals surface area contributed by atoms with Crippen molar-refractivity contribution in [1.29, 1.82) is 0 Å². The average molecular weight is 329 g/mol. The molecule has 1 aromatic carbocycles. The molecule has 25 heavy (non-hydrogen) atoms. The topological polar surface area (TPSA) is 29.0 Å². The largest absolute Gasteiger partial charge is 0.302 e. The van der Waals surface area contributed by atoms with Crippen LogP contribution in [0.4, 0.5) is 0 Å². The zero-order valence-corrected chi connectivity index (χ0v) is 14.4. The van der Waals surface area contributed by atoms with E-state index in [9.17, 15) is 0 Å². The number of pyridine rings is 2. The van der Waals surface area contributed by atoms with Gasteiger partial charge in [0.15, 0.2) is 0 Å². The first-order chi connectivity index (χ1) is 12.4. The highest BCUT2D eigenvalue weighted by Crippen LogP contribution is 2.29. The predicted molar refractivity (Wildman–Crippen MR) is 101 cm³/mol. The fraction of sp³-hybridized carbons (Fsp3) is 0.273. The molecule has 0 radical (unpaired) electrons. The summed E-state index contributed by atoms with van der Waals surface area (Å²) in [5.41, 5.74) is 5.01. The summed E-state index contributed by atoms with van der Waals surface area (Å²) >= 11 is 0. The summed E-state index contributed by atoms with van der Waals surface area (Å²) < 4.78 is 0. The van der Waals surface area contributed by atoms with Crippen LogP contribution in [0, 0.1) is 0 Å². The molecule has 0 saturated carbocycles. The van der Waals surface area contributed by atoms with Gasteiger partial charge in [-0.3, -0.25) is 9.97 Å². The molecule has 1 aliphatic rings. The number of hydrogen-bond donors (Lipinski definition) is 0. The van der Waals surface area contributed by atoms with Crippen LogP contribution < -0.4 is 0 Å². The van der Waals surface area contributed by atoms with Crippen molar-refractivity contribution in [3.8, 4) is 11.3 Å². The third kappa shape index (κ3) is 3.94. The summed E-state index contributed by atoms with van der Waals surface area (Å²) in [5.74, 6) is 0.611. The smallest absolute Gasteiger partial charge is 0.0705 e. The molecule has 0 spiro atoms. The lowest BCUT2D eigenvalue weighted by atomic mass is 9.97. The zero-order valence-electron chi connectivity index (χ0n) is 14.4. The standard InChI is InChI=1S/C22H23N3/c1-2-4-18(5-3-1)9-14-25-15-10-21(17-25)20-8-13-24-22(16-20)19-6-11-23-12-7-19/h1-8,11-13,16,21H,9-10,14-15,17H2/t21-/m1/s1. The van der Waals surface area contributed by atoms with Gasteiger partial charge in [-0.15, -0.1) is 0 Å². The fourth-order valence-corrected chi connectivity index (χ4v) is 3.62. The van der Waals surface area contributed by atoms with E-state index in [0.29, 0.717) is 5.92 Å². The molecule has 1 atom stereocenters. The minimum absolute atomic E-state index is 0.611. The number of hydrogen-bond acceptors (Lipinski definition) is 3. The molecule has 1 saturated heterocycles. The minimum Gasteiger partial charge on any atom is -0.302 e. The maximum absolute atomic E-state index is 4.53. The van der Waals surface area contributed by atoms with Crippen molar-refractivity contribution in [2.24, 2.45) is 0 Å². The Morgan fingerprint density at radius 1 is 0.960 bits per heavy atom. The van der Waals surface area contributed by atoms with E-state index >= 15 is 0 Å². The van der Waals surface area contributed by atoms with Crippen molar-refractivity contribution in [1.82, 2.24) is 14.9 Å². The van der Waals surface area contributed by atoms with Crippen LogP contribution in [0.1, 0.15) is 23.5 Å². The molecule has 0 unspecified atom stereocenters. The Labute approximate surface area is 149 Å². The van der Waals surface area contributed by atoms with Crippen molar-refractivity contribution in [3.05, 3.63) is 84.3 Å². The molecule has 1 fully saturated rings. The molecule has 0 N–H and O–H groups in total. The first-order valence-electron chi connectivity index (χ1n) is 9.01. The Kier molecular flexibility index (Phi) is 4.84. The molecular weight excluding hydrogens is 306 g/mol. The highest BCUT2D eigenvalue weighted by molar-refractivity contribution is 5.59. The maximum atomic E-state index is 4.53. The summed E-state index contributed by atoms with van der Waals surface area (Å²) in [5, 5.41) is 0. The highest BCUT2D eigenvalue weighted by Gasteiger charge is 2.23. The second kappa shape index (κ2) is 7.58. The molecule has 3 aromatic rings. The Hall–Kier alpha value is -2.52. The van der Waals surface area contributed by atoms with Crippen LogP contribution in [0.3, 0.4) is 0 Å². The van der Waals surface area contributed by atoms with E-state index < -0.39 is 0 Å². The molecule has 0 aliphatic carbocycles. The van der Waals surface area contributed by atoms with E-state index in [1.54, 1.807) is 0 Å². The number of likely N-dealkylation sites (tertiary alicyclic amines) is 1. The number of nitrogens with zero attached hydrogens (tertiary/aromatic N) is 3. The molecule has 0 amide bonds. The normalized spacial score (nSPS) is 17.7. The van der Waals surface area contributed by atoms with Crippen LogP contribution in [-0.4, -0.2) is 34.5 Å². The second-order valence-electron chi connectivity index (χ2n) is 6.73. The van der Waals surface area contributed by atoms with E-state index in [-0.39, 0.29) is 0 Å². The van der Waals surface area contributed by atoms with Gasteiger partial charge >= 0.3 is 0 Å². The SMILES string of the molecule is c1ccc(CCN2CC[C@@H](c3ccnc(-c4ccncc4)c3)C2)cc1. The summed E-state index contributed by atoms with van der Waals surface area (Å²) in [6.07, 6.45) is 7.95.